The highest BCUT2D eigenvalue weighted by Gasteiger charge is 2.41. The van der Waals surface area contributed by atoms with Gasteiger partial charge in [0, 0.05) is 0 Å². The van der Waals surface area contributed by atoms with Gasteiger partial charge < -0.3 is 4.74 Å². The predicted molar refractivity (Wildman–Crippen MR) is 46.2 cm³/mol. The summed E-state index contributed by atoms with van der Waals surface area (Å²) in [5.74, 6) is -1.59. The minimum atomic E-state index is -4.50. The van der Waals surface area contributed by atoms with Gasteiger partial charge in [-0.1, -0.05) is 13.3 Å². The van der Waals surface area contributed by atoms with E-state index >= 15 is 0 Å². The molecule has 2 nitrogen and oxygen atoms in total. The van der Waals surface area contributed by atoms with Gasteiger partial charge in [-0.3, -0.25) is 4.79 Å². The lowest BCUT2D eigenvalue weighted by Gasteiger charge is -2.19. The molecule has 0 aliphatic carbocycles. The zero-order valence-electron chi connectivity index (χ0n) is 7.73. The van der Waals surface area contributed by atoms with Gasteiger partial charge in [0.1, 0.15) is 5.88 Å². The molecule has 0 aromatic rings. The summed E-state index contributed by atoms with van der Waals surface area (Å²) in [7, 11) is 0. The van der Waals surface area contributed by atoms with Gasteiger partial charge in [-0.2, -0.15) is 13.2 Å². The van der Waals surface area contributed by atoms with Crippen molar-refractivity contribution < 1.29 is 22.7 Å². The van der Waals surface area contributed by atoms with Gasteiger partial charge >= 0.3 is 12.1 Å². The molecule has 0 aliphatic rings. The van der Waals surface area contributed by atoms with E-state index in [2.05, 4.69) is 4.74 Å². The third-order valence-corrected chi connectivity index (χ3v) is 1.79. The second kappa shape index (κ2) is 6.11. The van der Waals surface area contributed by atoms with Gasteiger partial charge in [-0.25, -0.2) is 0 Å². The van der Waals surface area contributed by atoms with Crippen LogP contribution in [0.4, 0.5) is 13.2 Å². The van der Waals surface area contributed by atoms with Crippen molar-refractivity contribution in [2.24, 2.45) is 0 Å². The Morgan fingerprint density at radius 1 is 1.50 bits per heavy atom. The minimum absolute atomic E-state index is 0.206. The molecule has 84 valence electrons. The maximum Gasteiger partial charge on any atom is 0.425 e. The normalized spacial score (nSPS) is 13.8. The van der Waals surface area contributed by atoms with Crippen molar-refractivity contribution in [1.29, 1.82) is 0 Å². The Bertz CT molecular complexity index is 182. The molecule has 6 heteroatoms. The quantitative estimate of drug-likeness (QED) is 0.538. The second-order valence-electron chi connectivity index (χ2n) is 2.80. The van der Waals surface area contributed by atoms with Crippen LogP contribution in [0.5, 0.6) is 0 Å². The highest BCUT2D eigenvalue weighted by atomic mass is 35.5. The van der Waals surface area contributed by atoms with Crippen molar-refractivity contribution >= 4 is 17.6 Å². The van der Waals surface area contributed by atoms with Crippen LogP contribution < -0.4 is 0 Å². The first-order chi connectivity index (χ1) is 6.41. The summed E-state index contributed by atoms with van der Waals surface area (Å²) < 4.78 is 40.8. The van der Waals surface area contributed by atoms with Crippen LogP contribution in [0.15, 0.2) is 0 Å². The Balaban J connectivity index is 4.18. The average Bonchev–Trinajstić information content (AvgIpc) is 2.09. The van der Waals surface area contributed by atoms with Crippen LogP contribution in [0.1, 0.15) is 26.2 Å². The lowest BCUT2D eigenvalue weighted by atomic mass is 10.1. The van der Waals surface area contributed by atoms with E-state index in [0.717, 1.165) is 0 Å². The van der Waals surface area contributed by atoms with E-state index in [4.69, 9.17) is 11.6 Å². The van der Waals surface area contributed by atoms with E-state index in [1.54, 1.807) is 6.92 Å². The van der Waals surface area contributed by atoms with Gasteiger partial charge in [0.2, 0.25) is 0 Å². The average molecular weight is 233 g/mol. The lowest BCUT2D eigenvalue weighted by Crippen LogP contribution is -2.34. The molecule has 0 spiro atoms. The number of hydrogen-bond acceptors (Lipinski definition) is 2. The van der Waals surface area contributed by atoms with Crippen LogP contribution in [0.3, 0.4) is 0 Å². The molecule has 0 aromatic heterocycles. The molecule has 0 N–H and O–H groups in total. The van der Waals surface area contributed by atoms with Crippen LogP contribution in [0.25, 0.3) is 0 Å². The molecule has 0 fully saturated rings. The largest absolute Gasteiger partial charge is 0.452 e. The smallest absolute Gasteiger partial charge is 0.425 e. The van der Waals surface area contributed by atoms with E-state index in [-0.39, 0.29) is 6.42 Å². The lowest BCUT2D eigenvalue weighted by molar-refractivity contribution is -0.221. The van der Waals surface area contributed by atoms with Gasteiger partial charge in [0.15, 0.2) is 6.10 Å². The third kappa shape index (κ3) is 5.32. The molecule has 0 saturated carbocycles. The summed E-state index contributed by atoms with van der Waals surface area (Å²) in [6.07, 6.45) is -5.75. The van der Waals surface area contributed by atoms with Gasteiger partial charge in [0.25, 0.3) is 0 Å². The molecule has 0 heterocycles. The number of carbonyl (C=O) groups excluding carboxylic acids is 1. The first-order valence-corrected chi connectivity index (χ1v) is 4.77. The predicted octanol–water partition coefficient (Wildman–Crippen LogP) is 2.89. The fourth-order valence-corrected chi connectivity index (χ4v) is 0.932. The van der Waals surface area contributed by atoms with E-state index in [9.17, 15) is 18.0 Å². The molecule has 0 rings (SSSR count). The number of hydrogen-bond donors (Lipinski definition) is 0. The Morgan fingerprint density at radius 3 is 2.43 bits per heavy atom. The van der Waals surface area contributed by atoms with Gasteiger partial charge in [-0.15, -0.1) is 11.6 Å². The van der Waals surface area contributed by atoms with Crippen molar-refractivity contribution in [2.75, 3.05) is 5.88 Å². The number of halogens is 4. The first-order valence-electron chi connectivity index (χ1n) is 4.24. The molecule has 0 bridgehead atoms. The summed E-state index contributed by atoms with van der Waals surface area (Å²) in [5.41, 5.74) is 0. The summed E-state index contributed by atoms with van der Waals surface area (Å²) in [4.78, 5) is 10.6. The molecule has 0 saturated heterocycles. The van der Waals surface area contributed by atoms with Crippen LogP contribution >= 0.6 is 11.6 Å². The Kier molecular flexibility index (Phi) is 5.92. The molecular formula is C8H12ClF3O2. The Morgan fingerprint density at radius 2 is 2.07 bits per heavy atom. The second-order valence-corrected chi connectivity index (χ2v) is 3.06. The standard InChI is InChI=1S/C8H12ClF3O2/c1-2-3-4-6(8(10,11)12)14-7(13)5-9/h6H,2-5H2,1H3. The summed E-state index contributed by atoms with van der Waals surface area (Å²) in [6.45, 7) is 1.76. The van der Waals surface area contributed by atoms with Crippen molar-refractivity contribution in [1.82, 2.24) is 0 Å². The van der Waals surface area contributed by atoms with Crippen molar-refractivity contribution in [2.45, 2.75) is 38.5 Å². The van der Waals surface area contributed by atoms with Crippen LogP contribution in [-0.4, -0.2) is 24.1 Å². The van der Waals surface area contributed by atoms with Gasteiger partial charge in [-0.05, 0) is 12.8 Å². The third-order valence-electron chi connectivity index (χ3n) is 1.57. The highest BCUT2D eigenvalue weighted by Crippen LogP contribution is 2.26. The summed E-state index contributed by atoms with van der Waals surface area (Å²) in [6, 6.07) is 0. The molecular weight excluding hydrogens is 221 g/mol. The van der Waals surface area contributed by atoms with E-state index in [1.165, 1.54) is 0 Å². The van der Waals surface area contributed by atoms with Crippen LogP contribution in [0, 0.1) is 0 Å². The number of esters is 1. The fourth-order valence-electron chi connectivity index (χ4n) is 0.869. The maximum absolute atomic E-state index is 12.2. The minimum Gasteiger partial charge on any atom is -0.452 e. The molecule has 14 heavy (non-hydrogen) atoms. The fraction of sp³-hybridized carbons (Fsp3) is 0.875. The number of carbonyl (C=O) groups is 1. The van der Waals surface area contributed by atoms with Gasteiger partial charge in [0.05, 0.1) is 0 Å². The van der Waals surface area contributed by atoms with Crippen LogP contribution in [-0.2, 0) is 9.53 Å². The molecule has 0 radical (unpaired) electrons. The monoisotopic (exact) mass is 232 g/mol. The SMILES string of the molecule is CCCCC(OC(=O)CCl)C(F)(F)F. The number of unbranched alkanes of at least 4 members (excludes halogenated alkanes) is 1. The first kappa shape index (κ1) is 13.5. The van der Waals surface area contributed by atoms with E-state index in [0.29, 0.717) is 12.8 Å². The van der Waals surface area contributed by atoms with Crippen LogP contribution in [0.2, 0.25) is 0 Å². The summed E-state index contributed by atoms with van der Waals surface area (Å²) in [5, 5.41) is 0. The molecule has 1 unspecified atom stereocenters. The molecule has 1 atom stereocenters. The highest BCUT2D eigenvalue weighted by molar-refractivity contribution is 6.26. The van der Waals surface area contributed by atoms with E-state index < -0.39 is 24.1 Å². The molecule has 0 aliphatic heterocycles. The van der Waals surface area contributed by atoms with Crippen molar-refractivity contribution in [3.8, 4) is 0 Å². The number of rotatable bonds is 5. The number of alkyl halides is 4. The zero-order chi connectivity index (χ0) is 11.2. The summed E-state index contributed by atoms with van der Waals surface area (Å²) >= 11 is 5.04. The van der Waals surface area contributed by atoms with Crippen molar-refractivity contribution in [3.63, 3.8) is 0 Å². The Hall–Kier alpha value is -0.450. The maximum atomic E-state index is 12.2. The van der Waals surface area contributed by atoms with E-state index in [1.807, 2.05) is 0 Å². The topological polar surface area (TPSA) is 26.3 Å². The molecule has 0 amide bonds. The molecule has 0 aromatic carbocycles. The zero-order valence-corrected chi connectivity index (χ0v) is 8.49. The number of ether oxygens (including phenoxy) is 1. The van der Waals surface area contributed by atoms with Crippen molar-refractivity contribution in [3.05, 3.63) is 0 Å². The Labute approximate surface area is 85.4 Å².